The lowest BCUT2D eigenvalue weighted by Crippen LogP contribution is -2.38. The third kappa shape index (κ3) is 3.66. The van der Waals surface area contributed by atoms with Gasteiger partial charge >= 0.3 is 0 Å². The van der Waals surface area contributed by atoms with Crippen LogP contribution in [0.3, 0.4) is 0 Å². The molecule has 0 spiro atoms. The van der Waals surface area contributed by atoms with Gasteiger partial charge in [-0.25, -0.2) is 9.97 Å². The molecule has 0 saturated carbocycles. The second-order valence-electron chi connectivity index (χ2n) is 5.70. The van der Waals surface area contributed by atoms with Crippen molar-refractivity contribution >= 4 is 11.8 Å². The summed E-state index contributed by atoms with van der Waals surface area (Å²) in [6.45, 7) is 5.18. The molecule has 0 bridgehead atoms. The number of carbonyl (C=O) groups is 2. The van der Waals surface area contributed by atoms with Gasteiger partial charge in [0.15, 0.2) is 24.2 Å². The van der Waals surface area contributed by atoms with E-state index in [0.29, 0.717) is 23.0 Å². The first-order valence-corrected chi connectivity index (χ1v) is 7.91. The molecule has 9 nitrogen and oxygen atoms in total. The maximum absolute atomic E-state index is 12.4. The van der Waals surface area contributed by atoms with Gasteiger partial charge in [0, 0.05) is 6.54 Å². The maximum Gasteiger partial charge on any atom is 0.274 e. The second kappa shape index (κ2) is 7.26. The average molecular weight is 358 g/mol. The number of rotatable bonds is 6. The molecule has 3 aromatic heterocycles. The van der Waals surface area contributed by atoms with Crippen LogP contribution in [0.2, 0.25) is 0 Å². The number of hydrogen-bond donors (Lipinski definition) is 2. The van der Waals surface area contributed by atoms with E-state index < -0.39 is 17.9 Å². The van der Waals surface area contributed by atoms with Gasteiger partial charge in [-0.1, -0.05) is 0 Å². The first-order valence-electron chi connectivity index (χ1n) is 7.91. The number of nitrogens with zero attached hydrogens (tertiary/aromatic N) is 2. The Morgan fingerprint density at radius 3 is 2.12 bits per heavy atom. The summed E-state index contributed by atoms with van der Waals surface area (Å²) in [6, 6.07) is 2.92. The summed E-state index contributed by atoms with van der Waals surface area (Å²) in [5.74, 6) is 1.18. The number of aromatic nitrogens is 2. The molecule has 2 N–H and O–H groups in total. The van der Waals surface area contributed by atoms with E-state index in [-0.39, 0.29) is 17.9 Å². The van der Waals surface area contributed by atoms with Gasteiger partial charge in [-0.15, -0.1) is 0 Å². The highest BCUT2D eigenvalue weighted by Gasteiger charge is 2.23. The Balaban J connectivity index is 1.74. The van der Waals surface area contributed by atoms with Crippen LogP contribution in [-0.4, -0.2) is 28.3 Å². The summed E-state index contributed by atoms with van der Waals surface area (Å²) in [4.78, 5) is 32.4. The zero-order valence-corrected chi connectivity index (χ0v) is 14.5. The van der Waals surface area contributed by atoms with Crippen LogP contribution in [0.15, 0.2) is 38.2 Å². The summed E-state index contributed by atoms with van der Waals surface area (Å²) in [7, 11) is 0. The number of aryl methyl sites for hydroxylation is 3. The number of amides is 2. The molecule has 1 atom stereocenters. The lowest BCUT2D eigenvalue weighted by molar-refractivity contribution is 0.0897. The lowest BCUT2D eigenvalue weighted by Gasteiger charge is -2.17. The molecular formula is C17H18N4O5. The minimum Gasteiger partial charge on any atom is -0.464 e. The number of carbonyl (C=O) groups excluding carboxylic acids is 2. The van der Waals surface area contributed by atoms with Crippen molar-refractivity contribution in [3.8, 4) is 0 Å². The minimum atomic E-state index is -0.594. The molecule has 0 unspecified atom stereocenters. The van der Waals surface area contributed by atoms with Gasteiger partial charge in [0.1, 0.15) is 29.1 Å². The predicted molar refractivity (Wildman–Crippen MR) is 88.5 cm³/mol. The zero-order chi connectivity index (χ0) is 18.7. The molecule has 3 aromatic rings. The molecule has 3 rings (SSSR count). The van der Waals surface area contributed by atoms with Gasteiger partial charge in [-0.2, -0.15) is 0 Å². The van der Waals surface area contributed by atoms with Crippen molar-refractivity contribution in [2.75, 3.05) is 6.54 Å². The smallest absolute Gasteiger partial charge is 0.274 e. The van der Waals surface area contributed by atoms with E-state index in [1.54, 1.807) is 32.9 Å². The summed E-state index contributed by atoms with van der Waals surface area (Å²) in [6.07, 6.45) is 2.40. The van der Waals surface area contributed by atoms with Gasteiger partial charge in [0.2, 0.25) is 0 Å². The largest absolute Gasteiger partial charge is 0.464 e. The van der Waals surface area contributed by atoms with Gasteiger partial charge in [0.05, 0.1) is 0 Å². The fourth-order valence-electron chi connectivity index (χ4n) is 2.42. The SMILES string of the molecule is Cc1ccc([C@@H](CNC(=O)c2ncoc2C)NC(=O)c2ncoc2C)o1. The Hall–Kier alpha value is -3.36. The Labute approximate surface area is 148 Å². The molecule has 0 fully saturated rings. The summed E-state index contributed by atoms with van der Waals surface area (Å²) >= 11 is 0. The van der Waals surface area contributed by atoms with Crippen molar-refractivity contribution in [3.63, 3.8) is 0 Å². The molecule has 0 aliphatic rings. The van der Waals surface area contributed by atoms with Crippen LogP contribution in [0, 0.1) is 20.8 Å². The summed E-state index contributed by atoms with van der Waals surface area (Å²) in [5, 5.41) is 5.51. The fraction of sp³-hybridized carbons (Fsp3) is 0.294. The highest BCUT2D eigenvalue weighted by Crippen LogP contribution is 2.17. The van der Waals surface area contributed by atoms with Crippen LogP contribution in [0.25, 0.3) is 0 Å². The highest BCUT2D eigenvalue weighted by atomic mass is 16.3. The quantitative estimate of drug-likeness (QED) is 0.691. The van der Waals surface area contributed by atoms with E-state index in [0.717, 1.165) is 0 Å². The monoisotopic (exact) mass is 358 g/mol. The molecule has 0 radical (unpaired) electrons. The van der Waals surface area contributed by atoms with Gasteiger partial charge in [-0.3, -0.25) is 9.59 Å². The first kappa shape index (κ1) is 17.5. The van der Waals surface area contributed by atoms with Crippen molar-refractivity contribution in [2.45, 2.75) is 26.8 Å². The minimum absolute atomic E-state index is 0.0979. The third-order valence-corrected chi connectivity index (χ3v) is 3.80. The van der Waals surface area contributed by atoms with E-state index >= 15 is 0 Å². The second-order valence-corrected chi connectivity index (χ2v) is 5.70. The van der Waals surface area contributed by atoms with Crippen LogP contribution < -0.4 is 10.6 Å². The van der Waals surface area contributed by atoms with E-state index in [9.17, 15) is 9.59 Å². The lowest BCUT2D eigenvalue weighted by atomic mass is 10.2. The molecule has 136 valence electrons. The number of nitrogens with one attached hydrogen (secondary N) is 2. The molecule has 0 aliphatic carbocycles. The van der Waals surface area contributed by atoms with Crippen LogP contribution in [-0.2, 0) is 0 Å². The fourth-order valence-corrected chi connectivity index (χ4v) is 2.42. The molecule has 3 heterocycles. The van der Waals surface area contributed by atoms with Crippen LogP contribution in [0.5, 0.6) is 0 Å². The van der Waals surface area contributed by atoms with Crippen LogP contribution >= 0.6 is 0 Å². The normalized spacial score (nSPS) is 12.0. The van der Waals surface area contributed by atoms with Crippen molar-refractivity contribution in [3.05, 3.63) is 59.3 Å². The molecule has 0 aliphatic heterocycles. The topological polar surface area (TPSA) is 123 Å². The number of oxazole rings is 2. The molecule has 2 amide bonds. The molecule has 0 aromatic carbocycles. The summed E-state index contributed by atoms with van der Waals surface area (Å²) in [5.41, 5.74) is 0.370. The van der Waals surface area contributed by atoms with Crippen molar-refractivity contribution in [1.82, 2.24) is 20.6 Å². The van der Waals surface area contributed by atoms with Gasteiger partial charge < -0.3 is 23.9 Å². The van der Waals surface area contributed by atoms with E-state index in [2.05, 4.69) is 20.6 Å². The molecular weight excluding hydrogens is 340 g/mol. The van der Waals surface area contributed by atoms with E-state index in [1.807, 2.05) is 0 Å². The predicted octanol–water partition coefficient (Wildman–Crippen LogP) is 2.08. The van der Waals surface area contributed by atoms with E-state index in [1.165, 1.54) is 12.8 Å². The van der Waals surface area contributed by atoms with E-state index in [4.69, 9.17) is 13.3 Å². The van der Waals surface area contributed by atoms with Crippen molar-refractivity contribution in [2.24, 2.45) is 0 Å². The maximum atomic E-state index is 12.4. The Morgan fingerprint density at radius 1 is 1.00 bits per heavy atom. The van der Waals surface area contributed by atoms with Gasteiger partial charge in [-0.05, 0) is 32.9 Å². The van der Waals surface area contributed by atoms with Crippen LogP contribution in [0.4, 0.5) is 0 Å². The van der Waals surface area contributed by atoms with Crippen molar-refractivity contribution < 1.29 is 22.8 Å². The first-order chi connectivity index (χ1) is 12.5. The molecule has 26 heavy (non-hydrogen) atoms. The van der Waals surface area contributed by atoms with Crippen LogP contribution in [0.1, 0.15) is 50.1 Å². The van der Waals surface area contributed by atoms with Gasteiger partial charge in [0.25, 0.3) is 11.8 Å². The Morgan fingerprint density at radius 2 is 1.62 bits per heavy atom. The molecule has 0 saturated heterocycles. The standard InChI is InChI=1S/C17H18N4O5/c1-9-4-5-13(26-9)12(21-17(23)15-11(3)25-8-20-15)6-18-16(22)14-10(2)24-7-19-14/h4-5,7-8,12H,6H2,1-3H3,(H,18,22)(H,21,23)/t12-/m1/s1. The summed E-state index contributed by atoms with van der Waals surface area (Å²) < 4.78 is 15.7. The van der Waals surface area contributed by atoms with Crippen molar-refractivity contribution in [1.29, 1.82) is 0 Å². The number of hydrogen-bond acceptors (Lipinski definition) is 7. The third-order valence-electron chi connectivity index (χ3n) is 3.80. The Bertz CT molecular complexity index is 923. The zero-order valence-electron chi connectivity index (χ0n) is 14.5. The average Bonchev–Trinajstić information content (AvgIpc) is 3.32. The molecule has 9 heteroatoms. The Kier molecular flexibility index (Phi) is 4.87. The number of furan rings is 1. The highest BCUT2D eigenvalue weighted by molar-refractivity contribution is 5.94.